The van der Waals surface area contributed by atoms with E-state index in [0.29, 0.717) is 6.54 Å². The third kappa shape index (κ3) is 3.99. The van der Waals surface area contributed by atoms with Gasteiger partial charge in [0.05, 0.1) is 11.1 Å². The van der Waals surface area contributed by atoms with Gasteiger partial charge in [-0.3, -0.25) is 0 Å². The van der Waals surface area contributed by atoms with E-state index in [-0.39, 0.29) is 6.10 Å². The van der Waals surface area contributed by atoms with Gasteiger partial charge in [0.1, 0.15) is 0 Å². The number of rotatable bonds is 7. The van der Waals surface area contributed by atoms with Crippen molar-refractivity contribution in [2.45, 2.75) is 44.2 Å². The molecule has 1 saturated heterocycles. The van der Waals surface area contributed by atoms with Crippen LogP contribution in [0.1, 0.15) is 41.5 Å². The zero-order valence-electron chi connectivity index (χ0n) is 11.3. The third-order valence-electron chi connectivity index (χ3n) is 3.84. The smallest absolute Gasteiger partial charge is 0.0959 e. The molecule has 1 saturated carbocycles. The van der Waals surface area contributed by atoms with Gasteiger partial charge < -0.3 is 15.3 Å². The Balaban J connectivity index is 1.34. The van der Waals surface area contributed by atoms with Crippen LogP contribution in [0.4, 0.5) is 0 Å². The summed E-state index contributed by atoms with van der Waals surface area (Å²) in [4.78, 5) is 8.11. The molecule has 4 nitrogen and oxygen atoms in total. The van der Waals surface area contributed by atoms with Crippen molar-refractivity contribution >= 4 is 11.3 Å². The van der Waals surface area contributed by atoms with Gasteiger partial charge in [-0.15, -0.1) is 11.3 Å². The van der Waals surface area contributed by atoms with E-state index < -0.39 is 0 Å². The summed E-state index contributed by atoms with van der Waals surface area (Å²) in [5.74, 6) is 0.750. The van der Waals surface area contributed by atoms with E-state index in [1.807, 2.05) is 17.5 Å². The second-order valence-corrected chi connectivity index (χ2v) is 6.88. The Morgan fingerprint density at radius 1 is 1.42 bits per heavy atom. The molecule has 3 rings (SSSR count). The lowest BCUT2D eigenvalue weighted by Gasteiger charge is -2.19. The molecule has 19 heavy (non-hydrogen) atoms. The van der Waals surface area contributed by atoms with Crippen LogP contribution in [0.2, 0.25) is 0 Å². The Hall–Kier alpha value is -0.490. The van der Waals surface area contributed by atoms with E-state index in [4.69, 9.17) is 0 Å². The van der Waals surface area contributed by atoms with E-state index in [9.17, 15) is 5.11 Å². The predicted octanol–water partition coefficient (Wildman–Crippen LogP) is 1.57. The first-order valence-corrected chi connectivity index (χ1v) is 8.18. The number of nitrogens with one attached hydrogen (secondary N) is 1. The number of aliphatic hydroxyl groups is 1. The molecule has 0 radical (unpaired) electrons. The molecule has 5 heteroatoms. The highest BCUT2D eigenvalue weighted by Crippen LogP contribution is 2.41. The molecule has 1 aliphatic heterocycles. The number of nitrogens with zero attached hydrogens (tertiary/aromatic N) is 2. The second kappa shape index (κ2) is 6.31. The average molecular weight is 281 g/mol. The Bertz CT molecular complexity index is 399. The molecule has 2 aliphatic rings. The van der Waals surface area contributed by atoms with Crippen LogP contribution in [0.25, 0.3) is 0 Å². The van der Waals surface area contributed by atoms with Crippen LogP contribution in [-0.4, -0.2) is 47.3 Å². The Morgan fingerprint density at radius 2 is 2.21 bits per heavy atom. The SMILES string of the molecule is OC(CNCc1cnc(C2CC2)s1)CN1CCCC1. The van der Waals surface area contributed by atoms with Gasteiger partial charge >= 0.3 is 0 Å². The molecular formula is C14H23N3OS. The van der Waals surface area contributed by atoms with Gasteiger partial charge in [-0.1, -0.05) is 0 Å². The molecule has 2 N–H and O–H groups in total. The van der Waals surface area contributed by atoms with Crippen molar-refractivity contribution in [3.8, 4) is 0 Å². The van der Waals surface area contributed by atoms with Crippen LogP contribution < -0.4 is 5.32 Å². The van der Waals surface area contributed by atoms with E-state index in [1.165, 1.54) is 35.6 Å². The molecule has 1 aromatic heterocycles. The van der Waals surface area contributed by atoms with Crippen LogP contribution in [-0.2, 0) is 6.54 Å². The first-order valence-electron chi connectivity index (χ1n) is 7.37. The maximum absolute atomic E-state index is 9.97. The molecule has 2 fully saturated rings. The van der Waals surface area contributed by atoms with Crippen molar-refractivity contribution in [1.82, 2.24) is 15.2 Å². The highest BCUT2D eigenvalue weighted by Gasteiger charge is 2.26. The highest BCUT2D eigenvalue weighted by molar-refractivity contribution is 7.11. The Morgan fingerprint density at radius 3 is 2.95 bits per heavy atom. The molecule has 0 spiro atoms. The number of aliphatic hydroxyl groups excluding tert-OH is 1. The van der Waals surface area contributed by atoms with Crippen LogP contribution in [0.3, 0.4) is 0 Å². The lowest BCUT2D eigenvalue weighted by Crippen LogP contribution is -2.36. The molecule has 1 unspecified atom stereocenters. The molecule has 0 aromatic carbocycles. The third-order valence-corrected chi connectivity index (χ3v) is 5.00. The van der Waals surface area contributed by atoms with Gasteiger partial charge in [-0.2, -0.15) is 0 Å². The maximum atomic E-state index is 9.97. The van der Waals surface area contributed by atoms with Gasteiger partial charge in [0.15, 0.2) is 0 Å². The Kier molecular flexibility index (Phi) is 4.48. The van der Waals surface area contributed by atoms with Crippen molar-refractivity contribution in [1.29, 1.82) is 0 Å². The molecule has 1 aromatic rings. The predicted molar refractivity (Wildman–Crippen MR) is 77.5 cm³/mol. The van der Waals surface area contributed by atoms with Crippen LogP contribution in [0.5, 0.6) is 0 Å². The summed E-state index contributed by atoms with van der Waals surface area (Å²) >= 11 is 1.82. The van der Waals surface area contributed by atoms with Gasteiger partial charge in [0.2, 0.25) is 0 Å². The number of likely N-dealkylation sites (tertiary alicyclic amines) is 1. The zero-order chi connectivity index (χ0) is 13.1. The number of hydrogen-bond acceptors (Lipinski definition) is 5. The fraction of sp³-hybridized carbons (Fsp3) is 0.786. The fourth-order valence-corrected chi connectivity index (χ4v) is 3.67. The number of aromatic nitrogens is 1. The van der Waals surface area contributed by atoms with E-state index >= 15 is 0 Å². The van der Waals surface area contributed by atoms with E-state index in [0.717, 1.165) is 32.1 Å². The maximum Gasteiger partial charge on any atom is 0.0959 e. The monoisotopic (exact) mass is 281 g/mol. The van der Waals surface area contributed by atoms with Crippen molar-refractivity contribution in [3.63, 3.8) is 0 Å². The van der Waals surface area contributed by atoms with Crippen molar-refractivity contribution in [3.05, 3.63) is 16.1 Å². The van der Waals surface area contributed by atoms with Crippen molar-refractivity contribution in [2.75, 3.05) is 26.2 Å². The van der Waals surface area contributed by atoms with Crippen molar-refractivity contribution in [2.24, 2.45) is 0 Å². The minimum Gasteiger partial charge on any atom is -0.390 e. The van der Waals surface area contributed by atoms with Crippen molar-refractivity contribution < 1.29 is 5.11 Å². The fourth-order valence-electron chi connectivity index (χ4n) is 2.61. The van der Waals surface area contributed by atoms with E-state index in [2.05, 4.69) is 15.2 Å². The Labute approximate surface area is 118 Å². The van der Waals surface area contributed by atoms with Gasteiger partial charge in [0.25, 0.3) is 0 Å². The molecule has 2 heterocycles. The average Bonchev–Trinajstić information content (AvgIpc) is 2.92. The summed E-state index contributed by atoms with van der Waals surface area (Å²) in [6.07, 6.45) is 6.92. The first-order chi connectivity index (χ1) is 9.31. The van der Waals surface area contributed by atoms with Crippen LogP contribution in [0.15, 0.2) is 6.20 Å². The minimum absolute atomic E-state index is 0.256. The molecule has 106 valence electrons. The standard InChI is InChI=1S/C14H23N3OS/c18-12(10-17-5-1-2-6-17)7-15-8-13-9-16-14(19-13)11-3-4-11/h9,11-12,15,18H,1-8,10H2. The topological polar surface area (TPSA) is 48.4 Å². The lowest BCUT2D eigenvalue weighted by atomic mass is 10.3. The first kappa shape index (κ1) is 13.5. The summed E-state index contributed by atoms with van der Waals surface area (Å²) in [6, 6.07) is 0. The van der Waals surface area contributed by atoms with Gasteiger partial charge in [0, 0.05) is 36.6 Å². The summed E-state index contributed by atoms with van der Waals surface area (Å²) in [5, 5.41) is 14.6. The van der Waals surface area contributed by atoms with Crippen LogP contribution in [0, 0.1) is 0 Å². The largest absolute Gasteiger partial charge is 0.390 e. The summed E-state index contributed by atoms with van der Waals surface area (Å²) < 4.78 is 0. The normalized spacial score (nSPS) is 21.9. The van der Waals surface area contributed by atoms with Gasteiger partial charge in [-0.25, -0.2) is 4.98 Å². The number of hydrogen-bond donors (Lipinski definition) is 2. The minimum atomic E-state index is -0.256. The zero-order valence-corrected chi connectivity index (χ0v) is 12.2. The molecule has 0 amide bonds. The highest BCUT2D eigenvalue weighted by atomic mass is 32.1. The van der Waals surface area contributed by atoms with E-state index in [1.54, 1.807) is 0 Å². The number of thiazole rings is 1. The molecular weight excluding hydrogens is 258 g/mol. The molecule has 1 atom stereocenters. The summed E-state index contributed by atoms with van der Waals surface area (Å²) in [6.45, 7) is 4.62. The quantitative estimate of drug-likeness (QED) is 0.796. The lowest BCUT2D eigenvalue weighted by molar-refractivity contribution is 0.123. The molecule has 0 bridgehead atoms. The number of β-amino-alcohol motifs (C(OH)–C–C–N with tert-alkyl or cyclic N) is 1. The van der Waals surface area contributed by atoms with Crippen LogP contribution >= 0.6 is 11.3 Å². The molecule has 1 aliphatic carbocycles. The van der Waals surface area contributed by atoms with Gasteiger partial charge in [-0.05, 0) is 38.8 Å². The summed E-state index contributed by atoms with van der Waals surface area (Å²) in [5.41, 5.74) is 0. The second-order valence-electron chi connectivity index (χ2n) is 5.73. The summed E-state index contributed by atoms with van der Waals surface area (Å²) in [7, 11) is 0.